The lowest BCUT2D eigenvalue weighted by Gasteiger charge is -2.20. The van der Waals surface area contributed by atoms with Crippen LogP contribution in [0, 0.1) is 0 Å². The van der Waals surface area contributed by atoms with E-state index in [9.17, 15) is 0 Å². The van der Waals surface area contributed by atoms with Gasteiger partial charge in [0.1, 0.15) is 0 Å². The third-order valence-corrected chi connectivity index (χ3v) is 2.53. The van der Waals surface area contributed by atoms with Gasteiger partial charge in [-0.15, -0.1) is 0 Å². The van der Waals surface area contributed by atoms with E-state index < -0.39 is 0 Å². The summed E-state index contributed by atoms with van der Waals surface area (Å²) in [5.74, 6) is 1.30. The van der Waals surface area contributed by atoms with Crippen molar-refractivity contribution in [3.8, 4) is 0 Å². The summed E-state index contributed by atoms with van der Waals surface area (Å²) >= 11 is 1.88. The van der Waals surface area contributed by atoms with Gasteiger partial charge in [0.05, 0.1) is 0 Å². The largest absolute Gasteiger partial charge is 0.261 e. The predicted molar refractivity (Wildman–Crippen MR) is 38.9 cm³/mol. The van der Waals surface area contributed by atoms with Crippen molar-refractivity contribution in [3.05, 3.63) is 0 Å². The molecule has 1 atom stereocenters. The fourth-order valence-corrected chi connectivity index (χ4v) is 1.87. The van der Waals surface area contributed by atoms with Gasteiger partial charge in [-0.05, 0) is 19.3 Å². The molecule has 1 fully saturated rings. The maximum atomic E-state index is 3.39. The zero-order valence-electron chi connectivity index (χ0n) is 5.31. The summed E-state index contributed by atoms with van der Waals surface area (Å²) in [6, 6.07) is 0.800. The topological polar surface area (TPSA) is 12.0 Å². The molecule has 1 unspecified atom stereocenters. The van der Waals surface area contributed by atoms with Gasteiger partial charge in [0, 0.05) is 11.8 Å². The molecule has 0 aromatic heterocycles. The van der Waals surface area contributed by atoms with E-state index in [0.717, 1.165) is 6.04 Å². The molecule has 1 nitrogen and oxygen atoms in total. The monoisotopic (exact) mass is 131 g/mol. The second-order valence-electron chi connectivity index (χ2n) is 2.21. The molecule has 1 rings (SSSR count). The molecule has 0 bridgehead atoms. The molecule has 1 aliphatic rings. The molecule has 0 amide bonds. The van der Waals surface area contributed by atoms with Gasteiger partial charge in [0.15, 0.2) is 0 Å². The van der Waals surface area contributed by atoms with Crippen molar-refractivity contribution in [1.29, 1.82) is 0 Å². The molecule has 2 heteroatoms. The lowest BCUT2D eigenvalue weighted by molar-refractivity contribution is 0.541. The zero-order chi connectivity index (χ0) is 5.82. The molecule has 8 heavy (non-hydrogen) atoms. The maximum absolute atomic E-state index is 3.39. The molecule has 0 spiro atoms. The van der Waals surface area contributed by atoms with Gasteiger partial charge in [0.2, 0.25) is 0 Å². The summed E-state index contributed by atoms with van der Waals surface area (Å²) in [7, 11) is 0. The van der Waals surface area contributed by atoms with E-state index in [1.54, 1.807) is 0 Å². The molecular weight excluding hydrogens is 118 g/mol. The predicted octanol–water partition coefficient (Wildman–Crippen LogP) is 1.80. The molecule has 1 aliphatic heterocycles. The van der Waals surface area contributed by atoms with Crippen LogP contribution in [0.4, 0.5) is 0 Å². The minimum Gasteiger partial charge on any atom is -0.261 e. The molecule has 0 radical (unpaired) electrons. The van der Waals surface area contributed by atoms with Crippen molar-refractivity contribution in [3.63, 3.8) is 0 Å². The normalized spacial score (nSPS) is 30.4. The second kappa shape index (κ2) is 3.36. The summed E-state index contributed by atoms with van der Waals surface area (Å²) in [6.07, 6.45) is 4.06. The van der Waals surface area contributed by atoms with Crippen LogP contribution in [0.15, 0.2) is 0 Å². The third-order valence-electron chi connectivity index (χ3n) is 1.54. The lowest BCUT2D eigenvalue weighted by atomic mass is 10.1. The number of hydrogen-bond donors (Lipinski definition) is 1. The molecule has 1 heterocycles. The van der Waals surface area contributed by atoms with Crippen LogP contribution in [-0.4, -0.2) is 11.8 Å². The quantitative estimate of drug-likeness (QED) is 0.545. The Balaban J connectivity index is 2.13. The molecule has 0 saturated carbocycles. The van der Waals surface area contributed by atoms with Gasteiger partial charge < -0.3 is 0 Å². The highest BCUT2D eigenvalue weighted by molar-refractivity contribution is 7.97. The summed E-state index contributed by atoms with van der Waals surface area (Å²) in [4.78, 5) is 0. The molecule has 0 aromatic rings. The van der Waals surface area contributed by atoms with Crippen molar-refractivity contribution < 1.29 is 0 Å². The fraction of sp³-hybridized carbons (Fsp3) is 1.00. The van der Waals surface area contributed by atoms with Gasteiger partial charge in [-0.25, -0.2) is 0 Å². The SMILES string of the molecule is CCC1CCCSN1. The highest BCUT2D eigenvalue weighted by Crippen LogP contribution is 2.14. The molecule has 1 N–H and O–H groups in total. The second-order valence-corrected chi connectivity index (χ2v) is 3.15. The van der Waals surface area contributed by atoms with E-state index in [4.69, 9.17) is 0 Å². The summed E-state index contributed by atoms with van der Waals surface area (Å²) in [5, 5.41) is 0. The first kappa shape index (κ1) is 6.43. The van der Waals surface area contributed by atoms with E-state index in [1.807, 2.05) is 11.9 Å². The average Bonchev–Trinajstić information content (AvgIpc) is 1.90. The van der Waals surface area contributed by atoms with Crippen LogP contribution in [0.3, 0.4) is 0 Å². The standard InChI is InChI=1S/C6H13NS/c1-2-6-4-3-5-8-7-6/h6-7H,2-5H2,1H3. The molecule has 48 valence electrons. The Labute approximate surface area is 55.4 Å². The van der Waals surface area contributed by atoms with Gasteiger partial charge >= 0.3 is 0 Å². The van der Waals surface area contributed by atoms with E-state index in [2.05, 4.69) is 11.6 Å². The van der Waals surface area contributed by atoms with Gasteiger partial charge in [-0.3, -0.25) is 4.72 Å². The Morgan fingerprint density at radius 1 is 1.75 bits per heavy atom. The van der Waals surface area contributed by atoms with Crippen LogP contribution in [0.5, 0.6) is 0 Å². The Morgan fingerprint density at radius 3 is 3.00 bits per heavy atom. The minimum atomic E-state index is 0.800. The minimum absolute atomic E-state index is 0.800. The molecular formula is C6H13NS. The van der Waals surface area contributed by atoms with Crippen LogP contribution in [-0.2, 0) is 0 Å². The van der Waals surface area contributed by atoms with Crippen molar-refractivity contribution >= 4 is 11.9 Å². The van der Waals surface area contributed by atoms with E-state index in [-0.39, 0.29) is 0 Å². The van der Waals surface area contributed by atoms with E-state index >= 15 is 0 Å². The Bertz CT molecular complexity index is 59.5. The van der Waals surface area contributed by atoms with E-state index in [1.165, 1.54) is 25.0 Å². The van der Waals surface area contributed by atoms with Crippen LogP contribution >= 0.6 is 11.9 Å². The Hall–Kier alpha value is 0.310. The number of hydrogen-bond acceptors (Lipinski definition) is 2. The van der Waals surface area contributed by atoms with Crippen molar-refractivity contribution in [1.82, 2.24) is 4.72 Å². The fourth-order valence-electron chi connectivity index (χ4n) is 0.925. The Kier molecular flexibility index (Phi) is 2.70. The van der Waals surface area contributed by atoms with E-state index in [0.29, 0.717) is 0 Å². The lowest BCUT2D eigenvalue weighted by Crippen LogP contribution is -2.26. The van der Waals surface area contributed by atoms with Gasteiger partial charge in [-0.2, -0.15) is 0 Å². The van der Waals surface area contributed by atoms with Crippen LogP contribution in [0.1, 0.15) is 26.2 Å². The first-order valence-electron chi connectivity index (χ1n) is 3.31. The third kappa shape index (κ3) is 1.67. The summed E-state index contributed by atoms with van der Waals surface area (Å²) in [5.41, 5.74) is 0. The van der Waals surface area contributed by atoms with Crippen LogP contribution in [0.25, 0.3) is 0 Å². The summed E-state index contributed by atoms with van der Waals surface area (Å²) < 4.78 is 3.39. The summed E-state index contributed by atoms with van der Waals surface area (Å²) in [6.45, 7) is 2.24. The van der Waals surface area contributed by atoms with Gasteiger partial charge in [-0.1, -0.05) is 18.9 Å². The zero-order valence-corrected chi connectivity index (χ0v) is 6.13. The van der Waals surface area contributed by atoms with Crippen molar-refractivity contribution in [2.75, 3.05) is 5.75 Å². The smallest absolute Gasteiger partial charge is 0.0169 e. The van der Waals surface area contributed by atoms with Crippen LogP contribution < -0.4 is 4.72 Å². The van der Waals surface area contributed by atoms with Crippen molar-refractivity contribution in [2.45, 2.75) is 32.2 Å². The number of nitrogens with one attached hydrogen (secondary N) is 1. The highest BCUT2D eigenvalue weighted by Gasteiger charge is 2.08. The first-order chi connectivity index (χ1) is 3.93. The number of rotatable bonds is 1. The highest BCUT2D eigenvalue weighted by atomic mass is 32.2. The molecule has 0 aromatic carbocycles. The maximum Gasteiger partial charge on any atom is 0.0169 e. The van der Waals surface area contributed by atoms with Crippen molar-refractivity contribution in [2.24, 2.45) is 0 Å². The molecule has 0 aliphatic carbocycles. The molecule has 1 saturated heterocycles. The average molecular weight is 131 g/mol. The first-order valence-corrected chi connectivity index (χ1v) is 4.29. The van der Waals surface area contributed by atoms with Crippen LogP contribution in [0.2, 0.25) is 0 Å². The van der Waals surface area contributed by atoms with Gasteiger partial charge in [0.25, 0.3) is 0 Å². The Morgan fingerprint density at radius 2 is 2.62 bits per heavy atom.